The highest BCUT2D eigenvalue weighted by Gasteiger charge is 2.17. The minimum absolute atomic E-state index is 0.220. The number of carbonyl (C=O) groups is 1. The van der Waals surface area contributed by atoms with Crippen molar-refractivity contribution in [2.24, 2.45) is 0 Å². The number of rotatable bonds is 4. The molecule has 0 aliphatic heterocycles. The van der Waals surface area contributed by atoms with Crippen LogP contribution in [0, 0.1) is 0 Å². The predicted octanol–water partition coefficient (Wildman–Crippen LogP) is 0.0869. The summed E-state index contributed by atoms with van der Waals surface area (Å²) in [5, 5.41) is 18.0. The van der Waals surface area contributed by atoms with Gasteiger partial charge in [-0.25, -0.2) is 4.79 Å². The fourth-order valence-electron chi connectivity index (χ4n) is 1.28. The second-order valence-electron chi connectivity index (χ2n) is 4.82. The Labute approximate surface area is 106 Å². The third-order valence-electron chi connectivity index (χ3n) is 1.93. The van der Waals surface area contributed by atoms with Crippen molar-refractivity contribution < 1.29 is 24.3 Å². The van der Waals surface area contributed by atoms with Crippen molar-refractivity contribution in [2.45, 2.75) is 26.4 Å². The molecule has 0 aromatic heterocycles. The van der Waals surface area contributed by atoms with Gasteiger partial charge in [0, 0.05) is 0 Å². The molecule has 0 amide bonds. The van der Waals surface area contributed by atoms with E-state index in [1.807, 2.05) is 0 Å². The highest BCUT2D eigenvalue weighted by molar-refractivity contribution is 6.58. The first-order chi connectivity index (χ1) is 8.28. The van der Waals surface area contributed by atoms with Gasteiger partial charge in [0.05, 0.1) is 0 Å². The summed E-state index contributed by atoms with van der Waals surface area (Å²) in [7, 11) is -1.56. The van der Waals surface area contributed by atoms with Crippen LogP contribution in [0.2, 0.25) is 0 Å². The van der Waals surface area contributed by atoms with Crippen LogP contribution in [0.5, 0.6) is 5.75 Å². The maximum Gasteiger partial charge on any atom is 0.488 e. The van der Waals surface area contributed by atoms with Crippen LogP contribution in [-0.4, -0.2) is 35.3 Å². The lowest BCUT2D eigenvalue weighted by Gasteiger charge is -2.19. The van der Waals surface area contributed by atoms with Gasteiger partial charge in [-0.15, -0.1) is 0 Å². The van der Waals surface area contributed by atoms with E-state index in [0.717, 1.165) is 0 Å². The fourth-order valence-corrected chi connectivity index (χ4v) is 1.28. The Morgan fingerprint density at radius 2 is 2.00 bits per heavy atom. The smallest absolute Gasteiger partial charge is 0.482 e. The van der Waals surface area contributed by atoms with Gasteiger partial charge >= 0.3 is 13.1 Å². The Bertz CT molecular complexity index is 411. The molecule has 0 unspecified atom stereocenters. The molecular weight excluding hydrogens is 235 g/mol. The fraction of sp³-hybridized carbons (Fsp3) is 0.417. The van der Waals surface area contributed by atoms with E-state index in [1.165, 1.54) is 6.07 Å². The van der Waals surface area contributed by atoms with Crippen LogP contribution in [-0.2, 0) is 9.53 Å². The van der Waals surface area contributed by atoms with Gasteiger partial charge in [0.2, 0.25) is 0 Å². The van der Waals surface area contributed by atoms with Crippen molar-refractivity contribution in [3.8, 4) is 5.75 Å². The first kappa shape index (κ1) is 14.5. The lowest BCUT2D eigenvalue weighted by molar-refractivity contribution is -0.157. The highest BCUT2D eigenvalue weighted by atomic mass is 16.6. The van der Waals surface area contributed by atoms with Crippen molar-refractivity contribution in [2.75, 3.05) is 6.61 Å². The molecule has 0 atom stereocenters. The number of benzene rings is 1. The van der Waals surface area contributed by atoms with Crippen LogP contribution in [0.25, 0.3) is 0 Å². The topological polar surface area (TPSA) is 76.0 Å². The molecule has 18 heavy (non-hydrogen) atoms. The predicted molar refractivity (Wildman–Crippen MR) is 67.6 cm³/mol. The van der Waals surface area contributed by atoms with Gasteiger partial charge in [-0.3, -0.25) is 0 Å². The third kappa shape index (κ3) is 5.20. The lowest BCUT2D eigenvalue weighted by Crippen LogP contribution is -2.30. The summed E-state index contributed by atoms with van der Waals surface area (Å²) >= 11 is 0. The first-order valence-corrected chi connectivity index (χ1v) is 5.59. The van der Waals surface area contributed by atoms with Crippen LogP contribution in [0.3, 0.4) is 0 Å². The zero-order valence-electron chi connectivity index (χ0n) is 10.7. The number of carbonyl (C=O) groups excluding carboxylic acids is 1. The molecule has 0 aliphatic carbocycles. The average Bonchev–Trinajstić information content (AvgIpc) is 2.24. The SMILES string of the molecule is CC(C)(C)OC(=O)COc1cccc(B(O)O)c1. The summed E-state index contributed by atoms with van der Waals surface area (Å²) in [4.78, 5) is 11.4. The van der Waals surface area contributed by atoms with E-state index in [2.05, 4.69) is 0 Å². The van der Waals surface area contributed by atoms with E-state index in [9.17, 15) is 4.79 Å². The molecule has 1 rings (SSSR count). The van der Waals surface area contributed by atoms with Gasteiger partial charge in [-0.05, 0) is 38.4 Å². The van der Waals surface area contributed by atoms with Crippen LogP contribution in [0.1, 0.15) is 20.8 Å². The summed E-state index contributed by atoms with van der Waals surface area (Å²) in [6.07, 6.45) is 0. The summed E-state index contributed by atoms with van der Waals surface area (Å²) < 4.78 is 10.3. The van der Waals surface area contributed by atoms with Crippen LogP contribution in [0.15, 0.2) is 24.3 Å². The van der Waals surface area contributed by atoms with Gasteiger partial charge in [0.1, 0.15) is 11.4 Å². The van der Waals surface area contributed by atoms with Crippen molar-refractivity contribution in [1.82, 2.24) is 0 Å². The molecule has 0 spiro atoms. The Hall–Kier alpha value is -1.53. The maximum atomic E-state index is 11.4. The summed E-state index contributed by atoms with van der Waals surface area (Å²) in [6.45, 7) is 5.09. The Morgan fingerprint density at radius 3 is 2.56 bits per heavy atom. The normalized spacial score (nSPS) is 10.9. The molecule has 1 aromatic carbocycles. The zero-order chi connectivity index (χ0) is 13.8. The van der Waals surface area contributed by atoms with Crippen molar-refractivity contribution in [1.29, 1.82) is 0 Å². The molecule has 5 nitrogen and oxygen atoms in total. The second kappa shape index (κ2) is 5.88. The van der Waals surface area contributed by atoms with E-state index in [4.69, 9.17) is 19.5 Å². The Balaban J connectivity index is 2.53. The number of hydrogen-bond acceptors (Lipinski definition) is 5. The molecule has 0 bridgehead atoms. The van der Waals surface area contributed by atoms with Crippen LogP contribution >= 0.6 is 0 Å². The summed E-state index contributed by atoms with van der Waals surface area (Å²) in [5.74, 6) is -0.0936. The monoisotopic (exact) mass is 252 g/mol. The average molecular weight is 252 g/mol. The molecular formula is C12H17BO5. The molecule has 0 saturated heterocycles. The van der Waals surface area contributed by atoms with Gasteiger partial charge < -0.3 is 19.5 Å². The standard InChI is InChI=1S/C12H17BO5/c1-12(2,3)18-11(14)8-17-10-6-4-5-9(7-10)13(15)16/h4-7,15-16H,8H2,1-3H3. The van der Waals surface area contributed by atoms with Crippen molar-refractivity contribution >= 4 is 18.6 Å². The third-order valence-corrected chi connectivity index (χ3v) is 1.93. The zero-order valence-corrected chi connectivity index (χ0v) is 10.7. The minimum Gasteiger partial charge on any atom is -0.482 e. The number of ether oxygens (including phenoxy) is 2. The van der Waals surface area contributed by atoms with Gasteiger partial charge in [-0.1, -0.05) is 12.1 Å². The van der Waals surface area contributed by atoms with Gasteiger partial charge in [0.15, 0.2) is 6.61 Å². The van der Waals surface area contributed by atoms with E-state index in [-0.39, 0.29) is 6.61 Å². The summed E-state index contributed by atoms with van der Waals surface area (Å²) in [6, 6.07) is 6.23. The molecule has 0 heterocycles. The Morgan fingerprint density at radius 1 is 1.33 bits per heavy atom. The summed E-state index contributed by atoms with van der Waals surface area (Å²) in [5.41, 5.74) is -0.250. The number of hydrogen-bond donors (Lipinski definition) is 2. The van der Waals surface area contributed by atoms with Gasteiger partial charge in [-0.2, -0.15) is 0 Å². The van der Waals surface area contributed by atoms with Crippen molar-refractivity contribution in [3.63, 3.8) is 0 Å². The molecule has 6 heteroatoms. The molecule has 0 radical (unpaired) electrons. The van der Waals surface area contributed by atoms with Crippen LogP contribution in [0.4, 0.5) is 0 Å². The minimum atomic E-state index is -1.56. The number of esters is 1. The van der Waals surface area contributed by atoms with Crippen LogP contribution < -0.4 is 10.2 Å². The van der Waals surface area contributed by atoms with E-state index in [1.54, 1.807) is 39.0 Å². The molecule has 98 valence electrons. The maximum absolute atomic E-state index is 11.4. The van der Waals surface area contributed by atoms with Crippen molar-refractivity contribution in [3.05, 3.63) is 24.3 Å². The van der Waals surface area contributed by atoms with E-state index in [0.29, 0.717) is 11.2 Å². The Kier molecular flexibility index (Phi) is 4.75. The lowest BCUT2D eigenvalue weighted by atomic mass is 9.80. The first-order valence-electron chi connectivity index (χ1n) is 5.59. The molecule has 1 aromatic rings. The van der Waals surface area contributed by atoms with E-state index >= 15 is 0 Å². The van der Waals surface area contributed by atoms with E-state index < -0.39 is 18.7 Å². The molecule has 0 aliphatic rings. The highest BCUT2D eigenvalue weighted by Crippen LogP contribution is 2.10. The quantitative estimate of drug-likeness (QED) is 0.586. The largest absolute Gasteiger partial charge is 0.488 e. The molecule has 2 N–H and O–H groups in total. The molecule has 0 saturated carbocycles. The molecule has 0 fully saturated rings. The van der Waals surface area contributed by atoms with Gasteiger partial charge in [0.25, 0.3) is 0 Å². The second-order valence-corrected chi connectivity index (χ2v) is 4.82.